The highest BCUT2D eigenvalue weighted by molar-refractivity contribution is 7.71. The topological polar surface area (TPSA) is 57.5 Å². The van der Waals surface area contributed by atoms with Gasteiger partial charge in [0.25, 0.3) is 0 Å². The smallest absolute Gasteiger partial charge is 0.442 e. The maximum atomic E-state index is 11.7. The van der Waals surface area contributed by atoms with Crippen molar-refractivity contribution in [3.05, 3.63) is 64.9 Å². The van der Waals surface area contributed by atoms with Gasteiger partial charge in [0.15, 0.2) is 0 Å². The lowest BCUT2D eigenvalue weighted by molar-refractivity contribution is -0.168. The second-order valence-corrected chi connectivity index (χ2v) is 5.77. The zero-order chi connectivity index (χ0) is 16.2. The summed E-state index contributed by atoms with van der Waals surface area (Å²) in [6, 6.07) is 15.0. The summed E-state index contributed by atoms with van der Waals surface area (Å²) < 4.78 is 6.38. The second-order valence-electron chi connectivity index (χ2n) is 5.35. The number of hydrogen-bond donors (Lipinski definition) is 0. The molecule has 2 atom stereocenters. The van der Waals surface area contributed by atoms with Gasteiger partial charge in [-0.25, -0.2) is 9.59 Å². The first kappa shape index (κ1) is 15.4. The number of aromatic nitrogens is 1. The van der Waals surface area contributed by atoms with Crippen LogP contribution in [0.15, 0.2) is 54.7 Å². The van der Waals surface area contributed by atoms with Crippen molar-refractivity contribution >= 4 is 24.2 Å². The van der Waals surface area contributed by atoms with E-state index >= 15 is 0 Å². The molecule has 1 aromatic carbocycles. The van der Waals surface area contributed by atoms with Gasteiger partial charge in [0.2, 0.25) is 0 Å². The first-order valence-electron chi connectivity index (χ1n) is 7.27. The van der Waals surface area contributed by atoms with E-state index in [4.69, 9.17) is 21.8 Å². The minimum atomic E-state index is -1.08. The molecule has 0 unspecified atom stereocenters. The molecule has 0 aliphatic heterocycles. The van der Waals surface area contributed by atoms with Crippen LogP contribution < -0.4 is 4.84 Å². The minimum Gasteiger partial charge on any atom is -0.457 e. The van der Waals surface area contributed by atoms with Crippen LogP contribution in [0.2, 0.25) is 0 Å². The Bertz CT molecular complexity index is 771. The van der Waals surface area contributed by atoms with E-state index in [1.807, 2.05) is 18.2 Å². The van der Waals surface area contributed by atoms with Crippen LogP contribution in [-0.2, 0) is 14.3 Å². The minimum absolute atomic E-state index is 0.216. The van der Waals surface area contributed by atoms with Gasteiger partial charge >= 0.3 is 11.9 Å². The summed E-state index contributed by atoms with van der Waals surface area (Å²) in [5.74, 6) is -1.44. The second kappa shape index (κ2) is 6.75. The molecule has 0 radical (unpaired) electrons. The summed E-state index contributed by atoms with van der Waals surface area (Å²) >= 11 is 4.98. The van der Waals surface area contributed by atoms with Crippen LogP contribution in [0, 0.1) is 10.6 Å². The molecule has 1 aromatic heterocycles. The van der Waals surface area contributed by atoms with Crippen LogP contribution >= 0.6 is 12.2 Å². The highest BCUT2D eigenvalue weighted by Gasteiger charge is 2.39. The van der Waals surface area contributed by atoms with Crippen LogP contribution in [0.4, 0.5) is 0 Å². The van der Waals surface area contributed by atoms with E-state index in [0.717, 1.165) is 11.2 Å². The van der Waals surface area contributed by atoms with Gasteiger partial charge in [-0.05, 0) is 30.0 Å². The molecule has 5 nitrogen and oxygen atoms in total. The average Bonchev–Trinajstić information content (AvgIpc) is 3.35. The Hall–Kier alpha value is -2.47. The van der Waals surface area contributed by atoms with Crippen LogP contribution in [0.5, 0.6) is 0 Å². The number of nitrogens with zero attached hydrogens (tertiary/aromatic N) is 1. The fourth-order valence-corrected chi connectivity index (χ4v) is 2.57. The molecule has 118 valence electrons. The predicted molar refractivity (Wildman–Crippen MR) is 85.1 cm³/mol. The Morgan fingerprint density at radius 2 is 1.83 bits per heavy atom. The molecule has 3 rings (SSSR count). The monoisotopic (exact) mass is 329 g/mol. The number of rotatable bonds is 4. The van der Waals surface area contributed by atoms with Crippen molar-refractivity contribution in [2.45, 2.75) is 12.3 Å². The van der Waals surface area contributed by atoms with Gasteiger partial charge < -0.3 is 9.57 Å². The third kappa shape index (κ3) is 3.84. The number of carbonyl (C=O) groups excluding carboxylic acids is 2. The van der Waals surface area contributed by atoms with Gasteiger partial charge in [0.05, 0.1) is 6.61 Å². The molecule has 6 heteroatoms. The standard InChI is InChI=1S/C17H15NO4S/c19-16(17(20)22-18-9-5-4-8-15(18)23)21-11-13-10-14(13)12-6-2-1-3-7-12/h1-9,13-14H,10-11H2/t13-,14-/m1/s1. The van der Waals surface area contributed by atoms with Gasteiger partial charge in [-0.3, -0.25) is 0 Å². The van der Waals surface area contributed by atoms with Crippen molar-refractivity contribution in [3.8, 4) is 0 Å². The number of benzene rings is 1. The molecule has 0 bridgehead atoms. The summed E-state index contributed by atoms with van der Waals surface area (Å²) in [5, 5.41) is 0. The number of esters is 1. The van der Waals surface area contributed by atoms with Crippen LogP contribution in [0.25, 0.3) is 0 Å². The van der Waals surface area contributed by atoms with Crippen LogP contribution in [0.1, 0.15) is 17.9 Å². The summed E-state index contributed by atoms with van der Waals surface area (Å²) in [6.07, 6.45) is 2.41. The lowest BCUT2D eigenvalue weighted by Crippen LogP contribution is -2.29. The number of ether oxygens (including phenoxy) is 1. The maximum Gasteiger partial charge on any atom is 0.442 e. The van der Waals surface area contributed by atoms with E-state index in [1.54, 1.807) is 18.2 Å². The number of carbonyl (C=O) groups is 2. The summed E-state index contributed by atoms with van der Waals surface area (Å²) in [4.78, 5) is 28.2. The molecule has 1 fully saturated rings. The molecule has 1 saturated carbocycles. The number of pyridine rings is 1. The molecular formula is C17H15NO4S. The first-order valence-corrected chi connectivity index (χ1v) is 7.68. The molecule has 1 aliphatic carbocycles. The van der Waals surface area contributed by atoms with Crippen molar-refractivity contribution in [2.24, 2.45) is 5.92 Å². The molecule has 23 heavy (non-hydrogen) atoms. The summed E-state index contributed by atoms with van der Waals surface area (Å²) in [7, 11) is 0. The van der Waals surface area contributed by atoms with Crippen molar-refractivity contribution < 1.29 is 19.2 Å². The van der Waals surface area contributed by atoms with E-state index in [9.17, 15) is 9.59 Å². The highest BCUT2D eigenvalue weighted by atomic mass is 32.1. The largest absolute Gasteiger partial charge is 0.457 e. The fraction of sp³-hybridized carbons (Fsp3) is 0.235. The van der Waals surface area contributed by atoms with Gasteiger partial charge in [-0.15, -0.1) is 0 Å². The van der Waals surface area contributed by atoms with E-state index in [0.29, 0.717) is 10.6 Å². The molecule has 1 heterocycles. The lowest BCUT2D eigenvalue weighted by Gasteiger charge is -2.07. The first-order chi connectivity index (χ1) is 11.1. The van der Waals surface area contributed by atoms with Crippen LogP contribution in [-0.4, -0.2) is 23.3 Å². The Morgan fingerprint density at radius 1 is 1.09 bits per heavy atom. The van der Waals surface area contributed by atoms with Crippen molar-refractivity contribution in [1.82, 2.24) is 4.73 Å². The summed E-state index contributed by atoms with van der Waals surface area (Å²) in [5.41, 5.74) is 1.23. The van der Waals surface area contributed by atoms with E-state index in [1.165, 1.54) is 11.8 Å². The molecule has 1 aliphatic rings. The summed E-state index contributed by atoms with van der Waals surface area (Å²) in [6.45, 7) is 0.216. The van der Waals surface area contributed by atoms with E-state index in [2.05, 4.69) is 12.1 Å². The van der Waals surface area contributed by atoms with Crippen LogP contribution in [0.3, 0.4) is 0 Å². The molecule has 0 amide bonds. The zero-order valence-electron chi connectivity index (χ0n) is 12.3. The Kier molecular flexibility index (Phi) is 4.52. The SMILES string of the molecule is O=C(OC[C@H]1C[C@@H]1c1ccccc1)C(=O)On1ccccc1=S. The van der Waals surface area contributed by atoms with Gasteiger partial charge in [0, 0.05) is 12.1 Å². The lowest BCUT2D eigenvalue weighted by atomic mass is 10.1. The molecule has 0 spiro atoms. The Labute approximate surface area is 138 Å². The van der Waals surface area contributed by atoms with Crippen molar-refractivity contribution in [3.63, 3.8) is 0 Å². The quantitative estimate of drug-likeness (QED) is 0.490. The van der Waals surface area contributed by atoms with Gasteiger partial charge in [-0.1, -0.05) is 48.6 Å². The fourth-order valence-electron chi connectivity index (χ4n) is 2.40. The van der Waals surface area contributed by atoms with Gasteiger partial charge in [-0.2, -0.15) is 4.73 Å². The maximum absolute atomic E-state index is 11.7. The average molecular weight is 329 g/mol. The third-order valence-corrected chi connectivity index (χ3v) is 4.03. The number of hydrogen-bond acceptors (Lipinski definition) is 5. The van der Waals surface area contributed by atoms with Gasteiger partial charge in [0.1, 0.15) is 4.64 Å². The molecule has 0 N–H and O–H groups in total. The molecular weight excluding hydrogens is 314 g/mol. The highest BCUT2D eigenvalue weighted by Crippen LogP contribution is 2.47. The third-order valence-electron chi connectivity index (χ3n) is 3.72. The Morgan fingerprint density at radius 3 is 2.57 bits per heavy atom. The normalized spacial score (nSPS) is 19.0. The van der Waals surface area contributed by atoms with Crippen molar-refractivity contribution in [2.75, 3.05) is 6.61 Å². The van der Waals surface area contributed by atoms with Crippen molar-refractivity contribution in [1.29, 1.82) is 0 Å². The predicted octanol–water partition coefficient (Wildman–Crippen LogP) is 2.52. The Balaban J connectivity index is 1.48. The zero-order valence-corrected chi connectivity index (χ0v) is 13.1. The van der Waals surface area contributed by atoms with E-state index in [-0.39, 0.29) is 12.5 Å². The molecule has 2 aromatic rings. The molecule has 0 saturated heterocycles. The van der Waals surface area contributed by atoms with E-state index < -0.39 is 11.9 Å².